The van der Waals surface area contributed by atoms with E-state index < -0.39 is 22.8 Å². The lowest BCUT2D eigenvalue weighted by atomic mass is 9.87. The summed E-state index contributed by atoms with van der Waals surface area (Å²) in [6, 6.07) is 3.42. The molecule has 0 atom stereocenters. The van der Waals surface area contributed by atoms with Gasteiger partial charge in [-0.3, -0.25) is 9.59 Å². The van der Waals surface area contributed by atoms with Crippen molar-refractivity contribution in [2.75, 3.05) is 0 Å². The minimum atomic E-state index is -0.770. The highest BCUT2D eigenvalue weighted by molar-refractivity contribution is 5.73. The summed E-state index contributed by atoms with van der Waals surface area (Å²) in [4.78, 5) is 22.3. The molecule has 0 aliphatic rings. The van der Waals surface area contributed by atoms with Crippen LogP contribution in [-0.4, -0.2) is 32.4 Å². The van der Waals surface area contributed by atoms with Crippen molar-refractivity contribution >= 4 is 11.9 Å². The van der Waals surface area contributed by atoms with Crippen LogP contribution in [0.5, 0.6) is 11.5 Å². The first-order valence-corrected chi connectivity index (χ1v) is 11.9. The van der Waals surface area contributed by atoms with Gasteiger partial charge in [-0.15, -0.1) is 0 Å². The van der Waals surface area contributed by atoms with E-state index in [1.165, 1.54) is 0 Å². The lowest BCUT2D eigenvalue weighted by Crippen LogP contribution is -2.23. The molecule has 6 nitrogen and oxygen atoms in total. The molecule has 1 aromatic carbocycles. The fourth-order valence-corrected chi connectivity index (χ4v) is 3.79. The molecule has 0 aliphatic heterocycles. The van der Waals surface area contributed by atoms with E-state index >= 15 is 0 Å². The van der Waals surface area contributed by atoms with Gasteiger partial charge in [0.05, 0.1) is 10.8 Å². The van der Waals surface area contributed by atoms with Crippen LogP contribution in [-0.2, 0) is 22.4 Å². The molecule has 182 valence electrons. The smallest absolute Gasteiger partial charge is 0.309 e. The van der Waals surface area contributed by atoms with E-state index in [0.717, 1.165) is 63.4 Å². The molecule has 0 saturated carbocycles. The maximum atomic E-state index is 11.1. The molecule has 4 N–H and O–H groups in total. The Labute approximate surface area is 192 Å². The predicted molar refractivity (Wildman–Crippen MR) is 126 cm³/mol. The van der Waals surface area contributed by atoms with E-state index in [9.17, 15) is 19.8 Å². The molecule has 0 saturated heterocycles. The number of phenolic OH excluding ortho intramolecular Hbond substituents is 2. The Morgan fingerprint density at radius 2 is 1.12 bits per heavy atom. The lowest BCUT2D eigenvalue weighted by molar-refractivity contribution is -0.148. The average molecular weight is 451 g/mol. The molecular formula is C26H42O6. The van der Waals surface area contributed by atoms with Gasteiger partial charge in [0.1, 0.15) is 11.5 Å². The van der Waals surface area contributed by atoms with Crippen molar-refractivity contribution in [3.63, 3.8) is 0 Å². The van der Waals surface area contributed by atoms with Crippen LogP contribution in [0.15, 0.2) is 12.1 Å². The van der Waals surface area contributed by atoms with Crippen LogP contribution in [0.3, 0.4) is 0 Å². The van der Waals surface area contributed by atoms with E-state index in [0.29, 0.717) is 24.8 Å². The van der Waals surface area contributed by atoms with Crippen LogP contribution in [0.25, 0.3) is 0 Å². The van der Waals surface area contributed by atoms with Gasteiger partial charge in [-0.1, -0.05) is 44.6 Å². The largest absolute Gasteiger partial charge is 0.508 e. The molecule has 1 aromatic rings. The zero-order valence-corrected chi connectivity index (χ0v) is 20.2. The highest BCUT2D eigenvalue weighted by Crippen LogP contribution is 2.33. The summed E-state index contributed by atoms with van der Waals surface area (Å²) in [5, 5.41) is 39.1. The van der Waals surface area contributed by atoms with E-state index in [1.54, 1.807) is 39.8 Å². The monoisotopic (exact) mass is 450 g/mol. The van der Waals surface area contributed by atoms with Crippen molar-refractivity contribution < 1.29 is 30.0 Å². The second-order valence-corrected chi connectivity index (χ2v) is 10.3. The van der Waals surface area contributed by atoms with Crippen molar-refractivity contribution in [3.05, 3.63) is 23.3 Å². The summed E-state index contributed by atoms with van der Waals surface area (Å²) in [6.07, 6.45) is 9.86. The Morgan fingerprint density at radius 1 is 0.688 bits per heavy atom. The van der Waals surface area contributed by atoms with Gasteiger partial charge in [-0.05, 0) is 77.8 Å². The van der Waals surface area contributed by atoms with E-state index in [1.807, 2.05) is 0 Å². The first kappa shape index (κ1) is 27.8. The van der Waals surface area contributed by atoms with Gasteiger partial charge in [-0.2, -0.15) is 0 Å². The molecule has 0 heterocycles. The number of hydrogen-bond acceptors (Lipinski definition) is 4. The Kier molecular flexibility index (Phi) is 11.0. The fraction of sp³-hybridized carbons (Fsp3) is 0.692. The Morgan fingerprint density at radius 3 is 1.59 bits per heavy atom. The number of carboxylic acids is 2. The van der Waals surface area contributed by atoms with E-state index in [-0.39, 0.29) is 11.5 Å². The number of carbonyl (C=O) groups is 2. The van der Waals surface area contributed by atoms with E-state index in [2.05, 4.69) is 0 Å². The molecular weight excluding hydrogens is 408 g/mol. The number of phenols is 2. The maximum absolute atomic E-state index is 11.1. The van der Waals surface area contributed by atoms with Gasteiger partial charge in [0.15, 0.2) is 0 Å². The molecule has 0 fully saturated rings. The van der Waals surface area contributed by atoms with Crippen LogP contribution in [0, 0.1) is 10.8 Å². The van der Waals surface area contributed by atoms with Crippen LogP contribution < -0.4 is 0 Å². The summed E-state index contributed by atoms with van der Waals surface area (Å²) >= 11 is 0. The third-order valence-corrected chi connectivity index (χ3v) is 6.48. The Balaban J connectivity index is 2.40. The van der Waals surface area contributed by atoms with Crippen molar-refractivity contribution in [2.45, 2.75) is 105 Å². The van der Waals surface area contributed by atoms with Crippen LogP contribution in [0.1, 0.15) is 103 Å². The Bertz CT molecular complexity index is 751. The van der Waals surface area contributed by atoms with Crippen LogP contribution >= 0.6 is 0 Å². The molecule has 0 radical (unpaired) electrons. The van der Waals surface area contributed by atoms with Crippen molar-refractivity contribution in [2.24, 2.45) is 10.8 Å². The highest BCUT2D eigenvalue weighted by Gasteiger charge is 2.26. The molecule has 0 bridgehead atoms. The summed E-state index contributed by atoms with van der Waals surface area (Å²) in [7, 11) is 0. The molecule has 32 heavy (non-hydrogen) atoms. The third-order valence-electron chi connectivity index (χ3n) is 6.48. The van der Waals surface area contributed by atoms with E-state index in [4.69, 9.17) is 10.2 Å². The molecule has 0 amide bonds. The summed E-state index contributed by atoms with van der Waals surface area (Å²) < 4.78 is 0. The topological polar surface area (TPSA) is 115 Å². The van der Waals surface area contributed by atoms with Gasteiger partial charge in [0, 0.05) is 5.56 Å². The summed E-state index contributed by atoms with van der Waals surface area (Å²) in [5.41, 5.74) is 0.0527. The van der Waals surface area contributed by atoms with Crippen LogP contribution in [0.4, 0.5) is 0 Å². The maximum Gasteiger partial charge on any atom is 0.309 e. The van der Waals surface area contributed by atoms with Crippen molar-refractivity contribution in [3.8, 4) is 11.5 Å². The summed E-state index contributed by atoms with van der Waals surface area (Å²) in [5.74, 6) is -1.23. The fourth-order valence-electron chi connectivity index (χ4n) is 3.79. The first-order valence-electron chi connectivity index (χ1n) is 11.9. The Hall–Kier alpha value is -2.24. The zero-order valence-electron chi connectivity index (χ0n) is 20.2. The van der Waals surface area contributed by atoms with Gasteiger partial charge < -0.3 is 20.4 Å². The van der Waals surface area contributed by atoms with Gasteiger partial charge in [0.25, 0.3) is 0 Å². The number of aryl methyl sites for hydroxylation is 1. The summed E-state index contributed by atoms with van der Waals surface area (Å²) in [6.45, 7) is 6.99. The second kappa shape index (κ2) is 12.7. The SMILES string of the molecule is CC(C)(CCCCCCc1ccc(O)c(CCCCCCC(C)(C)C(=O)O)c1O)C(=O)O. The van der Waals surface area contributed by atoms with Gasteiger partial charge >= 0.3 is 11.9 Å². The highest BCUT2D eigenvalue weighted by atomic mass is 16.4. The van der Waals surface area contributed by atoms with Gasteiger partial charge in [0.2, 0.25) is 0 Å². The standard InChI is InChI=1S/C26H42O6/c1-25(2,23(29)30)17-11-7-5-9-13-19-15-16-21(27)20(22(19)28)14-10-6-8-12-18-26(3,4)24(31)32/h15-16,27-28H,5-14,17-18H2,1-4H3,(H,29,30)(H,31,32). The van der Waals surface area contributed by atoms with Gasteiger partial charge in [-0.25, -0.2) is 0 Å². The second-order valence-electron chi connectivity index (χ2n) is 10.3. The lowest BCUT2D eigenvalue weighted by Gasteiger charge is -2.18. The predicted octanol–water partition coefficient (Wildman–Crippen LogP) is 6.31. The number of benzene rings is 1. The quantitative estimate of drug-likeness (QED) is 0.220. The first-order chi connectivity index (χ1) is 14.9. The molecule has 6 heteroatoms. The van der Waals surface area contributed by atoms with Crippen molar-refractivity contribution in [1.82, 2.24) is 0 Å². The average Bonchev–Trinajstić information content (AvgIpc) is 2.70. The minimum absolute atomic E-state index is 0.120. The zero-order chi connectivity index (χ0) is 24.4. The molecule has 0 spiro atoms. The molecule has 0 aliphatic carbocycles. The molecule has 1 rings (SSSR count). The molecule has 0 unspecified atom stereocenters. The van der Waals surface area contributed by atoms with Crippen molar-refractivity contribution in [1.29, 1.82) is 0 Å². The molecule has 0 aromatic heterocycles. The van der Waals surface area contributed by atoms with Crippen LogP contribution in [0.2, 0.25) is 0 Å². The number of aliphatic carboxylic acids is 2. The minimum Gasteiger partial charge on any atom is -0.508 e. The number of aromatic hydroxyl groups is 2. The normalized spacial score (nSPS) is 12.1. The number of rotatable bonds is 16. The number of hydrogen-bond donors (Lipinski definition) is 4. The third kappa shape index (κ3) is 9.09. The number of carboxylic acid groups (broad SMARTS) is 2. The number of unbranched alkanes of at least 4 members (excludes halogenated alkanes) is 6.